The van der Waals surface area contributed by atoms with Gasteiger partial charge in [-0.25, -0.2) is 0 Å². The highest BCUT2D eigenvalue weighted by atomic mass is 16.5. The lowest BCUT2D eigenvalue weighted by Gasteiger charge is -2.22. The predicted octanol–water partition coefficient (Wildman–Crippen LogP) is 2.39. The van der Waals surface area contributed by atoms with E-state index in [-0.39, 0.29) is 11.9 Å². The molecule has 0 radical (unpaired) electrons. The second-order valence-corrected chi connectivity index (χ2v) is 7.58. The normalized spacial score (nSPS) is 20.0. The lowest BCUT2D eigenvalue weighted by atomic mass is 10.1. The molecule has 4 heterocycles. The van der Waals surface area contributed by atoms with Crippen LogP contribution in [0.4, 0.5) is 0 Å². The number of nitrogens with one attached hydrogen (secondary N) is 1. The molecule has 0 saturated carbocycles. The van der Waals surface area contributed by atoms with Gasteiger partial charge >= 0.3 is 0 Å². The average Bonchev–Trinajstić information content (AvgIpc) is 3.37. The van der Waals surface area contributed by atoms with Crippen molar-refractivity contribution in [1.82, 2.24) is 25.2 Å². The minimum absolute atomic E-state index is 0.0538. The Morgan fingerprint density at radius 1 is 1.38 bits per heavy atom. The van der Waals surface area contributed by atoms with Gasteiger partial charge in [0.25, 0.3) is 0 Å². The molecule has 7 nitrogen and oxygen atoms in total. The average molecular weight is 357 g/mol. The van der Waals surface area contributed by atoms with Crippen LogP contribution in [0.2, 0.25) is 0 Å². The summed E-state index contributed by atoms with van der Waals surface area (Å²) >= 11 is 0. The molecule has 2 aromatic heterocycles. The monoisotopic (exact) mass is 357 g/mol. The lowest BCUT2D eigenvalue weighted by Crippen LogP contribution is -2.31. The molecule has 1 unspecified atom stereocenters. The van der Waals surface area contributed by atoms with Crippen LogP contribution in [0, 0.1) is 0 Å². The molecule has 0 bridgehead atoms. The third-order valence-corrected chi connectivity index (χ3v) is 5.35. The molecule has 1 atom stereocenters. The van der Waals surface area contributed by atoms with Gasteiger partial charge in [0.1, 0.15) is 11.5 Å². The Bertz CT molecular complexity index is 755. The van der Waals surface area contributed by atoms with Crippen LogP contribution in [0.1, 0.15) is 67.9 Å². The zero-order valence-electron chi connectivity index (χ0n) is 15.6. The SMILES string of the molecule is CC(C)c1cc(C2CCCN2C(=O)CCc2cc3n(n2)CCNC3)no1. The van der Waals surface area contributed by atoms with Crippen molar-refractivity contribution in [2.45, 2.75) is 64.6 Å². The first-order valence-electron chi connectivity index (χ1n) is 9.64. The molecule has 1 N–H and O–H groups in total. The Morgan fingerprint density at radius 3 is 3.04 bits per heavy atom. The van der Waals surface area contributed by atoms with E-state index < -0.39 is 0 Å². The van der Waals surface area contributed by atoms with Gasteiger partial charge in [-0.1, -0.05) is 19.0 Å². The van der Waals surface area contributed by atoms with Crippen LogP contribution >= 0.6 is 0 Å². The van der Waals surface area contributed by atoms with E-state index in [0.717, 1.165) is 56.2 Å². The number of fused-ring (bicyclic) bond motifs is 1. The van der Waals surface area contributed by atoms with Gasteiger partial charge in [0.05, 0.1) is 24.0 Å². The minimum Gasteiger partial charge on any atom is -0.361 e. The lowest BCUT2D eigenvalue weighted by molar-refractivity contribution is -0.132. The summed E-state index contributed by atoms with van der Waals surface area (Å²) in [6, 6.07) is 4.18. The summed E-state index contributed by atoms with van der Waals surface area (Å²) < 4.78 is 7.49. The molecule has 7 heteroatoms. The van der Waals surface area contributed by atoms with Gasteiger partial charge in [-0.2, -0.15) is 5.10 Å². The molecule has 2 aliphatic rings. The maximum Gasteiger partial charge on any atom is 0.223 e. The first-order valence-corrected chi connectivity index (χ1v) is 9.64. The maximum atomic E-state index is 12.8. The fourth-order valence-electron chi connectivity index (χ4n) is 3.86. The number of hydrogen-bond acceptors (Lipinski definition) is 5. The van der Waals surface area contributed by atoms with Crippen molar-refractivity contribution >= 4 is 5.91 Å². The number of aryl methyl sites for hydroxylation is 1. The van der Waals surface area contributed by atoms with Crippen LogP contribution in [0.25, 0.3) is 0 Å². The first kappa shape index (κ1) is 17.3. The highest BCUT2D eigenvalue weighted by molar-refractivity contribution is 5.77. The summed E-state index contributed by atoms with van der Waals surface area (Å²) in [5, 5.41) is 12.2. The first-order chi connectivity index (χ1) is 12.6. The third kappa shape index (κ3) is 3.40. The fourth-order valence-corrected chi connectivity index (χ4v) is 3.86. The van der Waals surface area contributed by atoms with Gasteiger partial charge in [-0.3, -0.25) is 9.48 Å². The Kier molecular flexibility index (Phi) is 4.80. The van der Waals surface area contributed by atoms with Crippen LogP contribution in [0.15, 0.2) is 16.7 Å². The van der Waals surface area contributed by atoms with E-state index >= 15 is 0 Å². The molecule has 0 aliphatic carbocycles. The van der Waals surface area contributed by atoms with Crippen LogP contribution in [0.5, 0.6) is 0 Å². The highest BCUT2D eigenvalue weighted by Crippen LogP contribution is 2.33. The number of amides is 1. The van der Waals surface area contributed by atoms with Crippen molar-refractivity contribution in [2.24, 2.45) is 0 Å². The smallest absolute Gasteiger partial charge is 0.223 e. The van der Waals surface area contributed by atoms with E-state index in [0.29, 0.717) is 18.8 Å². The van der Waals surface area contributed by atoms with Gasteiger partial charge in [-0.15, -0.1) is 0 Å². The van der Waals surface area contributed by atoms with Crippen molar-refractivity contribution in [3.05, 3.63) is 35.0 Å². The van der Waals surface area contributed by atoms with Gasteiger partial charge < -0.3 is 14.7 Å². The van der Waals surface area contributed by atoms with Gasteiger partial charge in [0, 0.05) is 44.5 Å². The number of carbonyl (C=O) groups is 1. The summed E-state index contributed by atoms with van der Waals surface area (Å²) in [4.78, 5) is 14.8. The number of carbonyl (C=O) groups excluding carboxylic acids is 1. The van der Waals surface area contributed by atoms with E-state index in [2.05, 4.69) is 40.2 Å². The van der Waals surface area contributed by atoms with E-state index in [4.69, 9.17) is 4.52 Å². The molecule has 2 aromatic rings. The summed E-state index contributed by atoms with van der Waals surface area (Å²) in [5.74, 6) is 1.38. The highest BCUT2D eigenvalue weighted by Gasteiger charge is 2.32. The summed E-state index contributed by atoms with van der Waals surface area (Å²) in [5.41, 5.74) is 3.11. The minimum atomic E-state index is 0.0538. The van der Waals surface area contributed by atoms with Gasteiger partial charge in [-0.05, 0) is 18.9 Å². The number of aromatic nitrogens is 3. The summed E-state index contributed by atoms with van der Waals surface area (Å²) in [6.07, 6.45) is 3.17. The number of likely N-dealkylation sites (tertiary alicyclic amines) is 1. The van der Waals surface area contributed by atoms with E-state index in [1.165, 1.54) is 5.69 Å². The Hall–Kier alpha value is -2.15. The van der Waals surface area contributed by atoms with E-state index in [1.807, 2.05) is 11.0 Å². The van der Waals surface area contributed by atoms with Crippen molar-refractivity contribution in [1.29, 1.82) is 0 Å². The third-order valence-electron chi connectivity index (χ3n) is 5.35. The molecule has 0 spiro atoms. The van der Waals surface area contributed by atoms with Crippen molar-refractivity contribution in [2.75, 3.05) is 13.1 Å². The second-order valence-electron chi connectivity index (χ2n) is 7.58. The molecule has 2 aliphatic heterocycles. The van der Waals surface area contributed by atoms with E-state index in [9.17, 15) is 4.79 Å². The molecule has 1 saturated heterocycles. The Labute approximate surface area is 153 Å². The summed E-state index contributed by atoms with van der Waals surface area (Å²) in [7, 11) is 0. The number of nitrogens with zero attached hydrogens (tertiary/aromatic N) is 4. The number of rotatable bonds is 5. The van der Waals surface area contributed by atoms with Crippen molar-refractivity contribution < 1.29 is 9.32 Å². The zero-order chi connectivity index (χ0) is 18.1. The van der Waals surface area contributed by atoms with Crippen LogP contribution < -0.4 is 5.32 Å². The van der Waals surface area contributed by atoms with Crippen LogP contribution in [-0.2, 0) is 24.3 Å². The largest absolute Gasteiger partial charge is 0.361 e. The molecule has 1 amide bonds. The summed E-state index contributed by atoms with van der Waals surface area (Å²) in [6.45, 7) is 7.70. The Balaban J connectivity index is 1.39. The Morgan fingerprint density at radius 2 is 2.27 bits per heavy atom. The number of hydrogen-bond donors (Lipinski definition) is 1. The molecular formula is C19H27N5O2. The molecule has 26 heavy (non-hydrogen) atoms. The zero-order valence-corrected chi connectivity index (χ0v) is 15.6. The van der Waals surface area contributed by atoms with E-state index in [1.54, 1.807) is 0 Å². The molecule has 140 valence electrons. The quantitative estimate of drug-likeness (QED) is 0.889. The fraction of sp³-hybridized carbons (Fsp3) is 0.632. The second kappa shape index (κ2) is 7.23. The van der Waals surface area contributed by atoms with Gasteiger partial charge in [0.15, 0.2) is 0 Å². The van der Waals surface area contributed by atoms with Crippen LogP contribution in [0.3, 0.4) is 0 Å². The predicted molar refractivity (Wildman–Crippen MR) is 96.5 cm³/mol. The molecular weight excluding hydrogens is 330 g/mol. The maximum absolute atomic E-state index is 12.8. The van der Waals surface area contributed by atoms with Crippen molar-refractivity contribution in [3.8, 4) is 0 Å². The van der Waals surface area contributed by atoms with Crippen LogP contribution in [-0.4, -0.2) is 38.8 Å². The van der Waals surface area contributed by atoms with Gasteiger partial charge in [0.2, 0.25) is 5.91 Å². The molecule has 4 rings (SSSR count). The topological polar surface area (TPSA) is 76.2 Å². The molecule has 1 fully saturated rings. The van der Waals surface area contributed by atoms with Crippen molar-refractivity contribution in [3.63, 3.8) is 0 Å². The standard InChI is InChI=1S/C19H27N5O2/c1-13(2)18-11-16(22-26-18)17-4-3-8-23(17)19(25)6-5-14-10-15-12-20-7-9-24(15)21-14/h10-11,13,17,20H,3-9,12H2,1-2H3. The molecule has 0 aromatic carbocycles.